The van der Waals surface area contributed by atoms with Gasteiger partial charge in [0.1, 0.15) is 12.1 Å². The molecule has 1 aromatic heterocycles. The smallest absolute Gasteiger partial charge is 0.137 e. The van der Waals surface area contributed by atoms with Crippen LogP contribution in [0.5, 0.6) is 0 Å². The molecule has 0 saturated carbocycles. The molecule has 88 valence electrons. The molecule has 1 aliphatic heterocycles. The molecule has 2 aromatic rings. The Kier molecular flexibility index (Phi) is 2.44. The summed E-state index contributed by atoms with van der Waals surface area (Å²) in [4.78, 5) is 8.55. The number of anilines is 1. The highest BCUT2D eigenvalue weighted by Crippen LogP contribution is 2.27. The maximum absolute atomic E-state index is 5.24. The summed E-state index contributed by atoms with van der Waals surface area (Å²) in [5.41, 5.74) is 1.21. The Balaban J connectivity index is 1.85. The molecule has 3 rings (SSSR count). The van der Waals surface area contributed by atoms with E-state index in [1.165, 1.54) is 0 Å². The first-order valence-corrected chi connectivity index (χ1v) is 5.78. The van der Waals surface area contributed by atoms with Crippen LogP contribution in [0.1, 0.15) is 6.92 Å². The van der Waals surface area contributed by atoms with Crippen molar-refractivity contribution >= 4 is 16.7 Å². The first-order chi connectivity index (χ1) is 8.27. The lowest BCUT2D eigenvalue weighted by atomic mass is 9.89. The van der Waals surface area contributed by atoms with Gasteiger partial charge in [-0.1, -0.05) is 19.1 Å². The summed E-state index contributed by atoms with van der Waals surface area (Å²) < 4.78 is 5.24. The minimum absolute atomic E-state index is 0.242. The molecule has 4 heteroatoms. The lowest BCUT2D eigenvalue weighted by Gasteiger charge is -2.38. The molecule has 2 heterocycles. The summed E-state index contributed by atoms with van der Waals surface area (Å²) in [6.45, 7) is 4.74. The number of benzene rings is 1. The number of nitrogens with zero attached hydrogens (tertiary/aromatic N) is 2. The van der Waals surface area contributed by atoms with Gasteiger partial charge in [-0.05, 0) is 12.1 Å². The number of ether oxygens (including phenoxy) is 1. The molecule has 0 aliphatic carbocycles. The van der Waals surface area contributed by atoms with Crippen LogP contribution in [0.3, 0.4) is 0 Å². The molecule has 0 unspecified atom stereocenters. The highest BCUT2D eigenvalue weighted by atomic mass is 16.5. The highest BCUT2D eigenvalue weighted by molar-refractivity contribution is 5.88. The first-order valence-electron chi connectivity index (χ1n) is 5.78. The Morgan fingerprint density at radius 1 is 1.29 bits per heavy atom. The van der Waals surface area contributed by atoms with Crippen LogP contribution in [-0.4, -0.2) is 29.7 Å². The Bertz CT molecular complexity index is 532. The molecule has 1 fully saturated rings. The van der Waals surface area contributed by atoms with E-state index in [9.17, 15) is 0 Å². The van der Waals surface area contributed by atoms with Crippen molar-refractivity contribution in [2.24, 2.45) is 5.41 Å². The van der Waals surface area contributed by atoms with E-state index in [4.69, 9.17) is 4.74 Å². The molecule has 0 atom stereocenters. The van der Waals surface area contributed by atoms with Gasteiger partial charge in [-0.15, -0.1) is 0 Å². The van der Waals surface area contributed by atoms with E-state index in [0.717, 1.165) is 36.5 Å². The molecule has 1 aromatic carbocycles. The largest absolute Gasteiger partial charge is 0.380 e. The first kappa shape index (κ1) is 10.5. The molecule has 0 bridgehead atoms. The van der Waals surface area contributed by atoms with Gasteiger partial charge in [-0.3, -0.25) is 0 Å². The van der Waals surface area contributed by atoms with E-state index in [2.05, 4.69) is 22.2 Å². The van der Waals surface area contributed by atoms with E-state index in [1.807, 2.05) is 24.3 Å². The van der Waals surface area contributed by atoms with Crippen molar-refractivity contribution in [1.82, 2.24) is 9.97 Å². The van der Waals surface area contributed by atoms with Crippen LogP contribution < -0.4 is 5.32 Å². The van der Waals surface area contributed by atoms with Crippen LogP contribution in [0.15, 0.2) is 30.6 Å². The maximum atomic E-state index is 5.24. The van der Waals surface area contributed by atoms with Gasteiger partial charge in [0.2, 0.25) is 0 Å². The van der Waals surface area contributed by atoms with Gasteiger partial charge in [0.15, 0.2) is 0 Å². The summed E-state index contributed by atoms with van der Waals surface area (Å²) in [5.74, 6) is 0.906. The van der Waals surface area contributed by atoms with Crippen molar-refractivity contribution in [1.29, 1.82) is 0 Å². The van der Waals surface area contributed by atoms with Crippen LogP contribution in [0.4, 0.5) is 5.82 Å². The number of hydrogen-bond acceptors (Lipinski definition) is 4. The number of nitrogens with one attached hydrogen (secondary N) is 1. The maximum Gasteiger partial charge on any atom is 0.137 e. The lowest BCUT2D eigenvalue weighted by molar-refractivity contribution is -0.0924. The number of rotatable bonds is 3. The molecular formula is C13H15N3O. The van der Waals surface area contributed by atoms with Crippen LogP contribution >= 0.6 is 0 Å². The molecule has 1 aliphatic rings. The highest BCUT2D eigenvalue weighted by Gasteiger charge is 2.33. The van der Waals surface area contributed by atoms with Crippen molar-refractivity contribution in [3.63, 3.8) is 0 Å². The van der Waals surface area contributed by atoms with Crippen molar-refractivity contribution in [3.05, 3.63) is 30.6 Å². The fourth-order valence-corrected chi connectivity index (χ4v) is 2.00. The molecule has 0 radical (unpaired) electrons. The van der Waals surface area contributed by atoms with E-state index < -0.39 is 0 Å². The second kappa shape index (κ2) is 3.96. The van der Waals surface area contributed by atoms with Crippen molar-refractivity contribution < 1.29 is 4.74 Å². The molecular weight excluding hydrogens is 214 g/mol. The third-order valence-electron chi connectivity index (χ3n) is 3.13. The quantitative estimate of drug-likeness (QED) is 0.875. The molecule has 1 N–H and O–H groups in total. The van der Waals surface area contributed by atoms with Gasteiger partial charge < -0.3 is 10.1 Å². The number of hydrogen-bond donors (Lipinski definition) is 1. The average Bonchev–Trinajstić information content (AvgIpc) is 2.34. The minimum atomic E-state index is 0.242. The molecule has 17 heavy (non-hydrogen) atoms. The summed E-state index contributed by atoms with van der Waals surface area (Å²) in [6, 6.07) is 8.03. The zero-order valence-electron chi connectivity index (χ0n) is 9.81. The number of para-hydroxylation sites is 1. The number of fused-ring (bicyclic) bond motifs is 1. The van der Waals surface area contributed by atoms with Crippen LogP contribution in [0, 0.1) is 5.41 Å². The third kappa shape index (κ3) is 1.96. The summed E-state index contributed by atoms with van der Waals surface area (Å²) in [7, 11) is 0. The van der Waals surface area contributed by atoms with Crippen LogP contribution in [0.25, 0.3) is 10.9 Å². The van der Waals surface area contributed by atoms with Crippen LogP contribution in [0.2, 0.25) is 0 Å². The molecule has 4 nitrogen and oxygen atoms in total. The predicted molar refractivity (Wildman–Crippen MR) is 67.0 cm³/mol. The van der Waals surface area contributed by atoms with E-state index >= 15 is 0 Å². The Morgan fingerprint density at radius 2 is 2.12 bits per heavy atom. The SMILES string of the molecule is CC1(CNc2ncnc3ccccc23)COC1. The van der Waals surface area contributed by atoms with Crippen molar-refractivity contribution in [2.75, 3.05) is 25.1 Å². The monoisotopic (exact) mass is 229 g/mol. The lowest BCUT2D eigenvalue weighted by Crippen LogP contribution is -2.45. The topological polar surface area (TPSA) is 47.0 Å². The summed E-state index contributed by atoms with van der Waals surface area (Å²) >= 11 is 0. The Labute approximate surface area is 100 Å². The van der Waals surface area contributed by atoms with Crippen molar-refractivity contribution in [2.45, 2.75) is 6.92 Å². The van der Waals surface area contributed by atoms with Gasteiger partial charge in [0.05, 0.1) is 18.7 Å². The standard InChI is InChI=1S/C13H15N3O/c1-13(7-17-8-13)6-14-12-10-4-2-3-5-11(10)15-9-16-12/h2-5,9H,6-8H2,1H3,(H,14,15,16). The number of aromatic nitrogens is 2. The van der Waals surface area contributed by atoms with E-state index in [1.54, 1.807) is 6.33 Å². The van der Waals surface area contributed by atoms with Gasteiger partial charge in [-0.2, -0.15) is 0 Å². The second-order valence-corrected chi connectivity index (χ2v) is 4.90. The predicted octanol–water partition coefficient (Wildman–Crippen LogP) is 2.08. The van der Waals surface area contributed by atoms with E-state index in [0.29, 0.717) is 0 Å². The average molecular weight is 229 g/mol. The molecule has 1 saturated heterocycles. The van der Waals surface area contributed by atoms with Crippen molar-refractivity contribution in [3.8, 4) is 0 Å². The fourth-order valence-electron chi connectivity index (χ4n) is 2.00. The van der Waals surface area contributed by atoms with E-state index in [-0.39, 0.29) is 5.41 Å². The Morgan fingerprint density at radius 3 is 2.88 bits per heavy atom. The molecule has 0 amide bonds. The molecule has 0 spiro atoms. The van der Waals surface area contributed by atoms with Gasteiger partial charge in [0.25, 0.3) is 0 Å². The van der Waals surface area contributed by atoms with Gasteiger partial charge >= 0.3 is 0 Å². The Hall–Kier alpha value is -1.68. The zero-order chi connectivity index (χ0) is 11.7. The second-order valence-electron chi connectivity index (χ2n) is 4.90. The van der Waals surface area contributed by atoms with Gasteiger partial charge in [0, 0.05) is 17.3 Å². The van der Waals surface area contributed by atoms with Gasteiger partial charge in [-0.25, -0.2) is 9.97 Å². The summed E-state index contributed by atoms with van der Waals surface area (Å²) in [6.07, 6.45) is 1.60. The zero-order valence-corrected chi connectivity index (χ0v) is 9.81. The summed E-state index contributed by atoms with van der Waals surface area (Å²) in [5, 5.41) is 4.47. The van der Waals surface area contributed by atoms with Crippen LogP contribution in [-0.2, 0) is 4.74 Å². The minimum Gasteiger partial charge on any atom is -0.380 e. The normalized spacial score (nSPS) is 17.7. The third-order valence-corrected chi connectivity index (χ3v) is 3.13. The fraction of sp³-hybridized carbons (Fsp3) is 0.385.